The van der Waals surface area contributed by atoms with Crippen LogP contribution in [0, 0.1) is 6.92 Å². The highest BCUT2D eigenvalue weighted by Gasteiger charge is 2.31. The molecule has 106 valence electrons. The zero-order valence-corrected chi connectivity index (χ0v) is 10.9. The molecule has 2 rings (SSSR count). The highest BCUT2D eigenvalue weighted by molar-refractivity contribution is 5.29. The summed E-state index contributed by atoms with van der Waals surface area (Å²) >= 11 is 0. The van der Waals surface area contributed by atoms with E-state index in [1.807, 2.05) is 19.1 Å². The van der Waals surface area contributed by atoms with E-state index in [-0.39, 0.29) is 5.75 Å². The van der Waals surface area contributed by atoms with Gasteiger partial charge in [0.2, 0.25) is 0 Å². The summed E-state index contributed by atoms with van der Waals surface area (Å²) in [7, 11) is 0. The van der Waals surface area contributed by atoms with Crippen LogP contribution in [0.3, 0.4) is 0 Å². The summed E-state index contributed by atoms with van der Waals surface area (Å²) in [5.74, 6) is -0.187. The molecule has 0 N–H and O–H groups in total. The number of alkyl halides is 3. The fourth-order valence-corrected chi connectivity index (χ4v) is 1.94. The third-order valence-corrected chi connectivity index (χ3v) is 2.90. The SMILES string of the molecule is Cc1cccnc1CCc1cccc(OC(F)(F)F)c1. The second-order valence-corrected chi connectivity index (χ2v) is 4.46. The van der Waals surface area contributed by atoms with E-state index >= 15 is 0 Å². The van der Waals surface area contributed by atoms with Crippen LogP contribution in [-0.2, 0) is 12.8 Å². The highest BCUT2D eigenvalue weighted by atomic mass is 19.4. The molecule has 5 heteroatoms. The summed E-state index contributed by atoms with van der Waals surface area (Å²) < 4.78 is 40.3. The van der Waals surface area contributed by atoms with Crippen LogP contribution < -0.4 is 4.74 Å². The van der Waals surface area contributed by atoms with Gasteiger partial charge >= 0.3 is 6.36 Å². The van der Waals surface area contributed by atoms with Crippen molar-refractivity contribution in [1.29, 1.82) is 0 Å². The quantitative estimate of drug-likeness (QED) is 0.842. The number of benzene rings is 1. The van der Waals surface area contributed by atoms with E-state index in [1.165, 1.54) is 12.1 Å². The van der Waals surface area contributed by atoms with Crippen LogP contribution in [0.4, 0.5) is 13.2 Å². The lowest BCUT2D eigenvalue weighted by Crippen LogP contribution is -2.17. The lowest BCUT2D eigenvalue weighted by molar-refractivity contribution is -0.274. The first-order valence-electron chi connectivity index (χ1n) is 6.19. The van der Waals surface area contributed by atoms with Gasteiger partial charge in [-0.3, -0.25) is 4.98 Å². The Balaban J connectivity index is 2.03. The number of hydrogen-bond acceptors (Lipinski definition) is 2. The number of hydrogen-bond donors (Lipinski definition) is 0. The minimum atomic E-state index is -4.66. The highest BCUT2D eigenvalue weighted by Crippen LogP contribution is 2.23. The van der Waals surface area contributed by atoms with E-state index in [9.17, 15) is 13.2 Å². The Morgan fingerprint density at radius 1 is 1.10 bits per heavy atom. The Morgan fingerprint density at radius 3 is 2.60 bits per heavy atom. The van der Waals surface area contributed by atoms with Crippen LogP contribution in [0.25, 0.3) is 0 Å². The van der Waals surface area contributed by atoms with Crippen LogP contribution in [0.15, 0.2) is 42.6 Å². The molecule has 0 fully saturated rings. The van der Waals surface area contributed by atoms with Gasteiger partial charge < -0.3 is 4.74 Å². The summed E-state index contributed by atoms with van der Waals surface area (Å²) in [5, 5.41) is 0. The molecule has 0 amide bonds. The molecule has 0 spiro atoms. The molecule has 20 heavy (non-hydrogen) atoms. The molecule has 0 aliphatic heterocycles. The van der Waals surface area contributed by atoms with Crippen LogP contribution in [0.2, 0.25) is 0 Å². The summed E-state index contributed by atoms with van der Waals surface area (Å²) in [6.45, 7) is 1.96. The van der Waals surface area contributed by atoms with Crippen LogP contribution in [0.1, 0.15) is 16.8 Å². The number of ether oxygens (including phenoxy) is 1. The van der Waals surface area contributed by atoms with Gasteiger partial charge in [0.15, 0.2) is 0 Å². The Bertz CT molecular complexity index is 581. The maximum absolute atomic E-state index is 12.1. The van der Waals surface area contributed by atoms with Crippen molar-refractivity contribution >= 4 is 0 Å². The van der Waals surface area contributed by atoms with Crippen molar-refractivity contribution in [1.82, 2.24) is 4.98 Å². The van der Waals surface area contributed by atoms with E-state index in [2.05, 4.69) is 9.72 Å². The van der Waals surface area contributed by atoms with Crippen LogP contribution in [-0.4, -0.2) is 11.3 Å². The first kappa shape index (κ1) is 14.4. The van der Waals surface area contributed by atoms with Gasteiger partial charge in [0.25, 0.3) is 0 Å². The van der Waals surface area contributed by atoms with Gasteiger partial charge in [-0.25, -0.2) is 0 Å². The Kier molecular flexibility index (Phi) is 4.27. The zero-order valence-electron chi connectivity index (χ0n) is 10.9. The standard InChI is InChI=1S/C15H14F3NO/c1-11-4-3-9-19-14(11)8-7-12-5-2-6-13(10-12)20-15(16,17)18/h2-6,9-10H,7-8H2,1H3. The lowest BCUT2D eigenvalue weighted by Gasteiger charge is -2.10. The molecule has 2 aromatic rings. The maximum Gasteiger partial charge on any atom is 0.573 e. The molecule has 0 unspecified atom stereocenters. The predicted octanol–water partition coefficient (Wildman–Crippen LogP) is 4.07. The Hall–Kier alpha value is -2.04. The summed E-state index contributed by atoms with van der Waals surface area (Å²) in [6.07, 6.45) is -1.64. The number of aromatic nitrogens is 1. The third-order valence-electron chi connectivity index (χ3n) is 2.90. The second kappa shape index (κ2) is 5.94. The first-order chi connectivity index (χ1) is 9.44. The van der Waals surface area contributed by atoms with Crippen molar-refractivity contribution in [3.8, 4) is 5.75 Å². The van der Waals surface area contributed by atoms with Gasteiger partial charge in [-0.1, -0.05) is 18.2 Å². The van der Waals surface area contributed by atoms with E-state index in [0.29, 0.717) is 12.8 Å². The normalized spacial score (nSPS) is 11.4. The van der Waals surface area contributed by atoms with Crippen molar-refractivity contribution < 1.29 is 17.9 Å². The summed E-state index contributed by atoms with van der Waals surface area (Å²) in [5.41, 5.74) is 2.82. The molecule has 0 atom stereocenters. The molecular formula is C15H14F3NO. The first-order valence-corrected chi connectivity index (χ1v) is 6.19. The van der Waals surface area contributed by atoms with Crippen molar-refractivity contribution in [3.05, 3.63) is 59.4 Å². The molecular weight excluding hydrogens is 267 g/mol. The minimum Gasteiger partial charge on any atom is -0.406 e. The summed E-state index contributed by atoms with van der Waals surface area (Å²) in [4.78, 5) is 4.26. The average Bonchev–Trinajstić information content (AvgIpc) is 2.36. The van der Waals surface area contributed by atoms with E-state index in [1.54, 1.807) is 18.3 Å². The van der Waals surface area contributed by atoms with Gasteiger partial charge in [-0.05, 0) is 49.1 Å². The fraction of sp³-hybridized carbons (Fsp3) is 0.267. The van der Waals surface area contributed by atoms with E-state index in [4.69, 9.17) is 0 Å². The monoisotopic (exact) mass is 281 g/mol. The molecule has 0 saturated carbocycles. The summed E-state index contributed by atoms with van der Waals surface area (Å²) in [6, 6.07) is 9.86. The number of pyridine rings is 1. The minimum absolute atomic E-state index is 0.187. The largest absolute Gasteiger partial charge is 0.573 e. The lowest BCUT2D eigenvalue weighted by atomic mass is 10.1. The Morgan fingerprint density at radius 2 is 1.90 bits per heavy atom. The van der Waals surface area contributed by atoms with Gasteiger partial charge in [0.05, 0.1) is 0 Å². The molecule has 0 aliphatic carbocycles. The second-order valence-electron chi connectivity index (χ2n) is 4.46. The predicted molar refractivity (Wildman–Crippen MR) is 69.5 cm³/mol. The third kappa shape index (κ3) is 4.26. The smallest absolute Gasteiger partial charge is 0.406 e. The van der Waals surface area contributed by atoms with Gasteiger partial charge in [-0.15, -0.1) is 13.2 Å². The van der Waals surface area contributed by atoms with Crippen molar-refractivity contribution in [2.45, 2.75) is 26.1 Å². The van der Waals surface area contributed by atoms with Crippen LogP contribution >= 0.6 is 0 Å². The Labute approximate surface area is 115 Å². The maximum atomic E-state index is 12.1. The molecule has 2 nitrogen and oxygen atoms in total. The molecule has 1 heterocycles. The number of rotatable bonds is 4. The van der Waals surface area contributed by atoms with E-state index in [0.717, 1.165) is 16.8 Å². The average molecular weight is 281 g/mol. The van der Waals surface area contributed by atoms with Gasteiger partial charge in [-0.2, -0.15) is 0 Å². The molecule has 1 aromatic heterocycles. The van der Waals surface area contributed by atoms with E-state index < -0.39 is 6.36 Å². The van der Waals surface area contributed by atoms with Crippen LogP contribution in [0.5, 0.6) is 5.75 Å². The number of nitrogens with zero attached hydrogens (tertiary/aromatic N) is 1. The number of aryl methyl sites for hydroxylation is 3. The van der Waals surface area contributed by atoms with Gasteiger partial charge in [0, 0.05) is 11.9 Å². The molecule has 0 bridgehead atoms. The van der Waals surface area contributed by atoms with Gasteiger partial charge in [0.1, 0.15) is 5.75 Å². The number of halogens is 3. The molecule has 0 saturated heterocycles. The molecule has 0 aliphatic rings. The van der Waals surface area contributed by atoms with Crippen molar-refractivity contribution in [2.75, 3.05) is 0 Å². The van der Waals surface area contributed by atoms with Crippen molar-refractivity contribution in [3.63, 3.8) is 0 Å². The fourth-order valence-electron chi connectivity index (χ4n) is 1.94. The zero-order chi connectivity index (χ0) is 14.6. The van der Waals surface area contributed by atoms with Crippen molar-refractivity contribution in [2.24, 2.45) is 0 Å². The molecule has 1 aromatic carbocycles. The topological polar surface area (TPSA) is 22.1 Å². The molecule has 0 radical (unpaired) electrons.